The lowest BCUT2D eigenvalue weighted by Crippen LogP contribution is -1.95. The van der Waals surface area contributed by atoms with E-state index in [0.29, 0.717) is 11.1 Å². The van der Waals surface area contributed by atoms with E-state index in [1.165, 1.54) is 6.92 Å². The number of carbonyl (C=O) groups excluding carboxylic acids is 2. The lowest BCUT2D eigenvalue weighted by atomic mass is 9.99. The molecule has 0 aromatic heterocycles. The Hall–Kier alpha value is -1.96. The minimum atomic E-state index is 0.0372. The molecule has 2 rings (SSSR count). The number of hydrogen-bond donors (Lipinski definition) is 0. The van der Waals surface area contributed by atoms with E-state index in [4.69, 9.17) is 0 Å². The molecular weight excluding hydrogens is 200 g/mol. The van der Waals surface area contributed by atoms with Crippen LogP contribution >= 0.6 is 0 Å². The molecule has 0 N–H and O–H groups in total. The molecule has 0 spiro atoms. The molecule has 2 aromatic rings. The summed E-state index contributed by atoms with van der Waals surface area (Å²) in [4.78, 5) is 22.7. The van der Waals surface area contributed by atoms with E-state index in [2.05, 4.69) is 0 Å². The molecule has 0 atom stereocenters. The topological polar surface area (TPSA) is 34.1 Å². The molecule has 0 saturated heterocycles. The maximum absolute atomic E-state index is 11.4. The zero-order valence-electron chi connectivity index (χ0n) is 9.28. The van der Waals surface area contributed by atoms with Crippen LogP contribution in [0.15, 0.2) is 36.4 Å². The molecule has 0 unspecified atom stereocenters. The molecule has 16 heavy (non-hydrogen) atoms. The number of rotatable bonds is 2. The Morgan fingerprint density at radius 2 is 1.69 bits per heavy atom. The van der Waals surface area contributed by atoms with Gasteiger partial charge < -0.3 is 0 Å². The van der Waals surface area contributed by atoms with E-state index in [1.807, 2.05) is 24.3 Å². The van der Waals surface area contributed by atoms with Gasteiger partial charge in [-0.2, -0.15) is 0 Å². The summed E-state index contributed by atoms with van der Waals surface area (Å²) in [6.45, 7) is 3.09. The highest BCUT2D eigenvalue weighted by Gasteiger charge is 2.06. The molecule has 2 heteroatoms. The summed E-state index contributed by atoms with van der Waals surface area (Å²) in [6, 6.07) is 11.0. The maximum atomic E-state index is 11.4. The summed E-state index contributed by atoms with van der Waals surface area (Å²) in [7, 11) is 0. The quantitative estimate of drug-likeness (QED) is 0.716. The minimum Gasteiger partial charge on any atom is -0.295 e. The van der Waals surface area contributed by atoms with E-state index in [9.17, 15) is 9.59 Å². The Morgan fingerprint density at radius 1 is 0.938 bits per heavy atom. The van der Waals surface area contributed by atoms with Gasteiger partial charge in [-0.25, -0.2) is 0 Å². The summed E-state index contributed by atoms with van der Waals surface area (Å²) in [5.74, 6) is 0.0799. The van der Waals surface area contributed by atoms with Crippen molar-refractivity contribution in [2.45, 2.75) is 13.8 Å². The lowest BCUT2D eigenvalue weighted by molar-refractivity contribution is 0.101. The zero-order chi connectivity index (χ0) is 11.7. The lowest BCUT2D eigenvalue weighted by Gasteiger charge is -2.04. The molecule has 0 aliphatic carbocycles. The fraction of sp³-hybridized carbons (Fsp3) is 0.143. The van der Waals surface area contributed by atoms with Crippen LogP contribution in [0.25, 0.3) is 10.8 Å². The fourth-order valence-electron chi connectivity index (χ4n) is 1.81. The van der Waals surface area contributed by atoms with Crippen molar-refractivity contribution >= 4 is 22.3 Å². The van der Waals surface area contributed by atoms with Crippen LogP contribution in [0.2, 0.25) is 0 Å². The second kappa shape index (κ2) is 3.89. The van der Waals surface area contributed by atoms with Crippen LogP contribution in [0.4, 0.5) is 0 Å². The Labute approximate surface area is 93.9 Å². The van der Waals surface area contributed by atoms with Gasteiger partial charge >= 0.3 is 0 Å². The van der Waals surface area contributed by atoms with Gasteiger partial charge in [0, 0.05) is 11.1 Å². The Bertz CT molecular complexity index is 582. The first-order valence-corrected chi connectivity index (χ1v) is 5.14. The van der Waals surface area contributed by atoms with Gasteiger partial charge in [-0.05, 0) is 30.7 Å². The average Bonchev–Trinajstić information content (AvgIpc) is 2.27. The van der Waals surface area contributed by atoms with Crippen LogP contribution in [0, 0.1) is 0 Å². The average molecular weight is 212 g/mol. The van der Waals surface area contributed by atoms with Crippen molar-refractivity contribution in [2.75, 3.05) is 0 Å². The van der Waals surface area contributed by atoms with Crippen molar-refractivity contribution in [3.8, 4) is 0 Å². The second-order valence-corrected chi connectivity index (χ2v) is 3.85. The van der Waals surface area contributed by atoms with E-state index < -0.39 is 0 Å². The predicted octanol–water partition coefficient (Wildman–Crippen LogP) is 3.25. The van der Waals surface area contributed by atoms with Gasteiger partial charge in [-0.15, -0.1) is 0 Å². The first-order valence-electron chi connectivity index (χ1n) is 5.14. The van der Waals surface area contributed by atoms with Crippen molar-refractivity contribution < 1.29 is 9.59 Å². The van der Waals surface area contributed by atoms with Crippen LogP contribution in [0.3, 0.4) is 0 Å². The van der Waals surface area contributed by atoms with Crippen LogP contribution in [0.5, 0.6) is 0 Å². The first kappa shape index (κ1) is 10.6. The Morgan fingerprint density at radius 3 is 2.31 bits per heavy atom. The number of fused-ring (bicyclic) bond motifs is 1. The van der Waals surface area contributed by atoms with Crippen molar-refractivity contribution in [1.29, 1.82) is 0 Å². The van der Waals surface area contributed by atoms with E-state index in [0.717, 1.165) is 10.8 Å². The third-order valence-electron chi connectivity index (χ3n) is 2.67. The standard InChI is InChI=1S/C14H12O2/c1-9(15)11-6-7-14-12(8-11)4-3-5-13(14)10(2)16/h3-8H,1-2H3. The summed E-state index contributed by atoms with van der Waals surface area (Å²) >= 11 is 0. The van der Waals surface area contributed by atoms with Gasteiger partial charge in [0.05, 0.1) is 0 Å². The van der Waals surface area contributed by atoms with Crippen LogP contribution in [-0.4, -0.2) is 11.6 Å². The number of carbonyl (C=O) groups is 2. The molecule has 2 nitrogen and oxygen atoms in total. The summed E-state index contributed by atoms with van der Waals surface area (Å²) in [5, 5.41) is 1.83. The van der Waals surface area contributed by atoms with Crippen molar-refractivity contribution in [2.24, 2.45) is 0 Å². The maximum Gasteiger partial charge on any atom is 0.160 e. The van der Waals surface area contributed by atoms with E-state index >= 15 is 0 Å². The van der Waals surface area contributed by atoms with E-state index in [1.54, 1.807) is 19.1 Å². The number of ketones is 2. The van der Waals surface area contributed by atoms with Gasteiger partial charge in [0.15, 0.2) is 11.6 Å². The molecule has 0 fully saturated rings. The monoisotopic (exact) mass is 212 g/mol. The van der Waals surface area contributed by atoms with Crippen LogP contribution in [-0.2, 0) is 0 Å². The first-order chi connectivity index (χ1) is 7.59. The van der Waals surface area contributed by atoms with Gasteiger partial charge in [0.25, 0.3) is 0 Å². The van der Waals surface area contributed by atoms with Gasteiger partial charge in [-0.1, -0.05) is 30.3 Å². The van der Waals surface area contributed by atoms with Crippen molar-refractivity contribution in [1.82, 2.24) is 0 Å². The Balaban J connectivity index is 2.73. The number of benzene rings is 2. The molecule has 0 heterocycles. The predicted molar refractivity (Wildman–Crippen MR) is 64.0 cm³/mol. The normalized spacial score (nSPS) is 10.4. The Kier molecular flexibility index (Phi) is 2.57. The summed E-state index contributed by atoms with van der Waals surface area (Å²) in [6.07, 6.45) is 0. The molecule has 80 valence electrons. The van der Waals surface area contributed by atoms with Crippen molar-refractivity contribution in [3.63, 3.8) is 0 Å². The van der Waals surface area contributed by atoms with E-state index in [-0.39, 0.29) is 11.6 Å². The van der Waals surface area contributed by atoms with Crippen LogP contribution < -0.4 is 0 Å². The van der Waals surface area contributed by atoms with Gasteiger partial charge in [0.2, 0.25) is 0 Å². The highest BCUT2D eigenvalue weighted by atomic mass is 16.1. The van der Waals surface area contributed by atoms with Crippen LogP contribution in [0.1, 0.15) is 34.6 Å². The highest BCUT2D eigenvalue weighted by Crippen LogP contribution is 2.21. The SMILES string of the molecule is CC(=O)c1ccc2c(C(C)=O)cccc2c1. The van der Waals surface area contributed by atoms with Gasteiger partial charge in [-0.3, -0.25) is 9.59 Å². The van der Waals surface area contributed by atoms with Crippen molar-refractivity contribution in [3.05, 3.63) is 47.5 Å². The highest BCUT2D eigenvalue weighted by molar-refractivity contribution is 6.08. The number of Topliss-reactive ketones (excluding diaryl/α,β-unsaturated/α-hetero) is 2. The summed E-state index contributed by atoms with van der Waals surface area (Å²) in [5.41, 5.74) is 1.38. The zero-order valence-corrected chi connectivity index (χ0v) is 9.28. The smallest absolute Gasteiger partial charge is 0.160 e. The molecule has 0 aliphatic rings. The third kappa shape index (κ3) is 1.74. The summed E-state index contributed by atoms with van der Waals surface area (Å²) < 4.78 is 0. The molecule has 0 bridgehead atoms. The molecule has 0 saturated carbocycles. The fourth-order valence-corrected chi connectivity index (χ4v) is 1.81. The minimum absolute atomic E-state index is 0.0372. The van der Waals surface area contributed by atoms with Gasteiger partial charge in [0.1, 0.15) is 0 Å². The molecule has 0 amide bonds. The largest absolute Gasteiger partial charge is 0.295 e. The molecule has 2 aromatic carbocycles. The number of hydrogen-bond acceptors (Lipinski definition) is 2. The molecule has 0 aliphatic heterocycles. The second-order valence-electron chi connectivity index (χ2n) is 3.85. The molecule has 0 radical (unpaired) electrons. The third-order valence-corrected chi connectivity index (χ3v) is 2.67. The molecular formula is C14H12O2.